The summed E-state index contributed by atoms with van der Waals surface area (Å²) >= 11 is 0. The molecule has 7 unspecified atom stereocenters. The predicted octanol–water partition coefficient (Wildman–Crippen LogP) is 1.24. The van der Waals surface area contributed by atoms with E-state index in [4.69, 9.17) is 19.0 Å². The number of ketones is 1. The number of nitrogens with zero attached hydrogens (tertiary/aromatic N) is 1. The highest BCUT2D eigenvalue weighted by atomic mass is 16.7. The number of epoxide rings is 2. The van der Waals surface area contributed by atoms with E-state index in [2.05, 4.69) is 18.7 Å². The van der Waals surface area contributed by atoms with Crippen LogP contribution in [-0.4, -0.2) is 54.7 Å². The van der Waals surface area contributed by atoms with Gasteiger partial charge in [0.1, 0.15) is 24.4 Å². The third-order valence-corrected chi connectivity index (χ3v) is 6.66. The second-order valence-electron chi connectivity index (χ2n) is 7.60. The van der Waals surface area contributed by atoms with Gasteiger partial charge in [-0.05, 0) is 32.6 Å². The van der Waals surface area contributed by atoms with E-state index in [1.807, 2.05) is 6.92 Å². The molecule has 6 nitrogen and oxygen atoms in total. The molecule has 0 radical (unpaired) electrons. The molecule has 0 bridgehead atoms. The van der Waals surface area contributed by atoms with E-state index in [-0.39, 0.29) is 24.1 Å². The van der Waals surface area contributed by atoms with Gasteiger partial charge in [-0.25, -0.2) is 0 Å². The molecule has 0 N–H and O–H groups in total. The summed E-state index contributed by atoms with van der Waals surface area (Å²) in [6.45, 7) is 8.19. The summed E-state index contributed by atoms with van der Waals surface area (Å²) in [7, 11) is 1.73. The first-order valence-corrected chi connectivity index (χ1v) is 8.23. The Morgan fingerprint density at radius 2 is 2.00 bits per heavy atom. The van der Waals surface area contributed by atoms with Crippen molar-refractivity contribution >= 4 is 11.5 Å². The SMILES string of the molecule is C=C(C)C1CC(OC)C2(C1)C(C)=NOC21C2OC2C(=O)C2OC21. The van der Waals surface area contributed by atoms with E-state index in [1.54, 1.807) is 7.11 Å². The Morgan fingerprint density at radius 1 is 1.35 bits per heavy atom. The Kier molecular flexibility index (Phi) is 2.49. The van der Waals surface area contributed by atoms with Gasteiger partial charge in [0.05, 0.1) is 17.2 Å². The highest BCUT2D eigenvalue weighted by Crippen LogP contribution is 2.67. The topological polar surface area (TPSA) is 73.0 Å². The number of hydrogen-bond acceptors (Lipinski definition) is 6. The summed E-state index contributed by atoms with van der Waals surface area (Å²) in [5.74, 6) is 0.396. The Balaban J connectivity index is 1.64. The lowest BCUT2D eigenvalue weighted by Gasteiger charge is -2.43. The average molecular weight is 319 g/mol. The molecule has 0 aromatic rings. The molecule has 2 spiro atoms. The molecule has 0 aromatic carbocycles. The van der Waals surface area contributed by atoms with Crippen LogP contribution in [0.15, 0.2) is 17.3 Å². The Morgan fingerprint density at radius 3 is 2.57 bits per heavy atom. The van der Waals surface area contributed by atoms with Crippen LogP contribution in [0.2, 0.25) is 0 Å². The Hall–Kier alpha value is -1.24. The van der Waals surface area contributed by atoms with Crippen molar-refractivity contribution < 1.29 is 23.8 Å². The van der Waals surface area contributed by atoms with E-state index >= 15 is 0 Å². The number of carbonyl (C=O) groups is 1. The zero-order valence-corrected chi connectivity index (χ0v) is 13.6. The number of rotatable bonds is 2. The maximum absolute atomic E-state index is 12.2. The standard InChI is InChI=1S/C17H21NO5/c1-7(2)9-5-10(20-4)16(6-9)8(3)18-23-17(16)14-12(21-14)11(19)13-15(17)22-13/h9-10,12-15H,1,5-6H2,2-4H3. The van der Waals surface area contributed by atoms with Gasteiger partial charge < -0.3 is 19.0 Å². The molecule has 5 rings (SSSR count). The van der Waals surface area contributed by atoms with Gasteiger partial charge >= 0.3 is 0 Å². The van der Waals surface area contributed by atoms with Crippen molar-refractivity contribution in [3.05, 3.63) is 12.2 Å². The van der Waals surface area contributed by atoms with Gasteiger partial charge in [-0.2, -0.15) is 0 Å². The molecule has 124 valence electrons. The van der Waals surface area contributed by atoms with E-state index < -0.39 is 23.2 Å². The van der Waals surface area contributed by atoms with Crippen LogP contribution >= 0.6 is 0 Å². The van der Waals surface area contributed by atoms with Crippen molar-refractivity contribution in [1.29, 1.82) is 0 Å². The summed E-state index contributed by atoms with van der Waals surface area (Å²) in [4.78, 5) is 18.2. The second kappa shape index (κ2) is 4.05. The van der Waals surface area contributed by atoms with Crippen LogP contribution < -0.4 is 0 Å². The highest BCUT2D eigenvalue weighted by Gasteiger charge is 2.87. The minimum atomic E-state index is -0.731. The summed E-state index contributed by atoms with van der Waals surface area (Å²) in [6, 6.07) is 0. The molecule has 2 saturated carbocycles. The molecule has 4 fully saturated rings. The van der Waals surface area contributed by atoms with Gasteiger partial charge in [0.2, 0.25) is 5.60 Å². The van der Waals surface area contributed by atoms with Crippen LogP contribution in [0.25, 0.3) is 0 Å². The smallest absolute Gasteiger partial charge is 0.208 e. The first kappa shape index (κ1) is 14.1. The molecule has 0 aromatic heterocycles. The summed E-state index contributed by atoms with van der Waals surface area (Å²) in [5.41, 5.74) is 0.925. The lowest BCUT2D eigenvalue weighted by molar-refractivity contribution is -0.148. The van der Waals surface area contributed by atoms with E-state index in [0.29, 0.717) is 5.92 Å². The lowest BCUT2D eigenvalue weighted by atomic mass is 9.60. The number of ether oxygens (including phenoxy) is 3. The molecule has 3 aliphatic heterocycles. The zero-order chi connectivity index (χ0) is 16.1. The number of hydrogen-bond donors (Lipinski definition) is 0. The fourth-order valence-corrected chi connectivity index (χ4v) is 5.36. The monoisotopic (exact) mass is 319 g/mol. The summed E-state index contributed by atoms with van der Waals surface area (Å²) in [5, 5.41) is 4.36. The van der Waals surface area contributed by atoms with Gasteiger partial charge in [-0.15, -0.1) is 0 Å². The Bertz CT molecular complexity index is 637. The van der Waals surface area contributed by atoms with Crippen LogP contribution in [-0.2, 0) is 23.8 Å². The molecular formula is C17H21NO5. The second-order valence-corrected chi connectivity index (χ2v) is 7.60. The maximum atomic E-state index is 12.2. The van der Waals surface area contributed by atoms with Gasteiger partial charge in [0, 0.05) is 7.11 Å². The highest BCUT2D eigenvalue weighted by molar-refractivity contribution is 5.98. The van der Waals surface area contributed by atoms with E-state index in [9.17, 15) is 4.79 Å². The van der Waals surface area contributed by atoms with Gasteiger partial charge in [0.25, 0.3) is 0 Å². The van der Waals surface area contributed by atoms with Crippen molar-refractivity contribution in [2.75, 3.05) is 7.11 Å². The van der Waals surface area contributed by atoms with Crippen LogP contribution in [0, 0.1) is 11.3 Å². The first-order valence-electron chi connectivity index (χ1n) is 8.23. The molecule has 2 saturated heterocycles. The van der Waals surface area contributed by atoms with Gasteiger partial charge in [-0.3, -0.25) is 4.79 Å². The van der Waals surface area contributed by atoms with Gasteiger partial charge in [0.15, 0.2) is 5.78 Å². The van der Waals surface area contributed by atoms with Gasteiger partial charge in [-0.1, -0.05) is 17.3 Å². The summed E-state index contributed by atoms with van der Waals surface area (Å²) in [6.07, 6.45) is 0.327. The molecule has 7 atom stereocenters. The van der Waals surface area contributed by atoms with Crippen molar-refractivity contribution in [2.24, 2.45) is 16.5 Å². The number of allylic oxidation sites excluding steroid dienone is 1. The Labute approximate surface area is 134 Å². The zero-order valence-electron chi connectivity index (χ0n) is 13.6. The van der Waals surface area contributed by atoms with Crippen LogP contribution in [0.1, 0.15) is 26.7 Å². The number of carbonyl (C=O) groups excluding carboxylic acids is 1. The third-order valence-electron chi connectivity index (χ3n) is 6.66. The predicted molar refractivity (Wildman–Crippen MR) is 80.0 cm³/mol. The van der Waals surface area contributed by atoms with Crippen LogP contribution in [0.4, 0.5) is 0 Å². The summed E-state index contributed by atoms with van der Waals surface area (Å²) < 4.78 is 17.4. The largest absolute Gasteiger partial charge is 0.382 e. The minimum Gasteiger partial charge on any atom is -0.382 e. The van der Waals surface area contributed by atoms with Crippen LogP contribution in [0.3, 0.4) is 0 Å². The minimum absolute atomic E-state index is 0.0432. The molecular weight excluding hydrogens is 298 g/mol. The van der Waals surface area contributed by atoms with Crippen molar-refractivity contribution in [1.82, 2.24) is 0 Å². The normalized spacial score (nSPS) is 55.4. The fraction of sp³-hybridized carbons (Fsp3) is 0.765. The molecule has 6 heteroatoms. The van der Waals surface area contributed by atoms with Crippen LogP contribution in [0.5, 0.6) is 0 Å². The molecule has 23 heavy (non-hydrogen) atoms. The van der Waals surface area contributed by atoms with Crippen molar-refractivity contribution in [3.8, 4) is 0 Å². The average Bonchev–Trinajstić information content (AvgIpc) is 3.42. The maximum Gasteiger partial charge on any atom is 0.208 e. The first-order chi connectivity index (χ1) is 11.0. The number of oxime groups is 1. The molecule has 0 amide bonds. The third kappa shape index (κ3) is 1.38. The van der Waals surface area contributed by atoms with E-state index in [1.165, 1.54) is 0 Å². The van der Waals surface area contributed by atoms with Crippen molar-refractivity contribution in [3.63, 3.8) is 0 Å². The molecule has 5 aliphatic rings. The van der Waals surface area contributed by atoms with E-state index in [0.717, 1.165) is 24.1 Å². The number of methoxy groups -OCH3 is 1. The quantitative estimate of drug-likeness (QED) is 0.565. The fourth-order valence-electron chi connectivity index (χ4n) is 5.36. The lowest BCUT2D eigenvalue weighted by Crippen LogP contribution is -2.64. The number of fused-ring (bicyclic) bond motifs is 5. The van der Waals surface area contributed by atoms with Crippen molar-refractivity contribution in [2.45, 2.75) is 62.8 Å². The molecule has 2 aliphatic carbocycles. The molecule has 3 heterocycles. The number of Topliss-reactive ketones (excluding diaryl/α,β-unsaturated/α-hetero) is 1.